The second-order valence-electron chi connectivity index (χ2n) is 6.73. The van der Waals surface area contributed by atoms with Gasteiger partial charge in [-0.3, -0.25) is 0 Å². The van der Waals surface area contributed by atoms with Gasteiger partial charge in [0, 0.05) is 12.5 Å². The largest absolute Gasteiger partial charge is 0.507 e. The van der Waals surface area contributed by atoms with Crippen molar-refractivity contribution in [2.75, 3.05) is 0 Å². The number of allylic oxidation sites excluding steroid dienone is 3. The summed E-state index contributed by atoms with van der Waals surface area (Å²) >= 11 is 6.11. The molecular formula is C19H21ClO5. The molecule has 2 aliphatic rings. The van der Waals surface area contributed by atoms with Crippen LogP contribution in [0.15, 0.2) is 30.4 Å². The highest BCUT2D eigenvalue weighted by atomic mass is 35.5. The maximum absolute atomic E-state index is 12.6. The minimum Gasteiger partial charge on any atom is -0.507 e. The van der Waals surface area contributed by atoms with E-state index in [1.807, 2.05) is 13.0 Å². The Morgan fingerprint density at radius 1 is 1.16 bits per heavy atom. The summed E-state index contributed by atoms with van der Waals surface area (Å²) in [5.41, 5.74) is 0.0564. The van der Waals surface area contributed by atoms with Gasteiger partial charge in [-0.25, -0.2) is 4.79 Å². The van der Waals surface area contributed by atoms with Crippen molar-refractivity contribution in [3.8, 4) is 11.5 Å². The molecule has 1 aromatic carbocycles. The highest BCUT2D eigenvalue weighted by Crippen LogP contribution is 2.44. The fourth-order valence-electron chi connectivity index (χ4n) is 3.27. The predicted octanol–water partition coefficient (Wildman–Crippen LogP) is 3.35. The zero-order chi connectivity index (χ0) is 18.1. The maximum Gasteiger partial charge on any atom is 0.342 e. The van der Waals surface area contributed by atoms with Gasteiger partial charge in [0.25, 0.3) is 0 Å². The van der Waals surface area contributed by atoms with Gasteiger partial charge in [0.05, 0.1) is 17.2 Å². The lowest BCUT2D eigenvalue weighted by Crippen LogP contribution is -2.19. The van der Waals surface area contributed by atoms with E-state index in [4.69, 9.17) is 16.3 Å². The van der Waals surface area contributed by atoms with Gasteiger partial charge in [-0.05, 0) is 37.2 Å². The van der Waals surface area contributed by atoms with Crippen molar-refractivity contribution >= 4 is 17.6 Å². The zero-order valence-corrected chi connectivity index (χ0v) is 14.6. The van der Waals surface area contributed by atoms with Crippen LogP contribution >= 0.6 is 11.6 Å². The lowest BCUT2D eigenvalue weighted by molar-refractivity contribution is 0.0306. The average molecular weight is 365 g/mol. The van der Waals surface area contributed by atoms with E-state index in [1.54, 1.807) is 12.2 Å². The molecule has 134 valence electrons. The molecule has 0 amide bonds. The van der Waals surface area contributed by atoms with E-state index >= 15 is 0 Å². The number of aliphatic hydroxyl groups is 1. The molecule has 5 nitrogen and oxygen atoms in total. The Morgan fingerprint density at radius 3 is 2.64 bits per heavy atom. The SMILES string of the molecule is C[C@@H]1C[C@H]2C[C@@H]2/C=C/C=C[C@H](O)Cc2c(Cl)c(O)cc(O)c2C(=O)O1. The van der Waals surface area contributed by atoms with Gasteiger partial charge < -0.3 is 20.1 Å². The number of fused-ring (bicyclic) bond motifs is 2. The molecule has 1 heterocycles. The molecule has 1 aliphatic carbocycles. The van der Waals surface area contributed by atoms with E-state index < -0.39 is 17.8 Å². The van der Waals surface area contributed by atoms with Crippen LogP contribution in [0.25, 0.3) is 0 Å². The maximum atomic E-state index is 12.6. The van der Waals surface area contributed by atoms with Gasteiger partial charge in [0.2, 0.25) is 0 Å². The number of aliphatic hydroxyl groups excluding tert-OH is 1. The third-order valence-corrected chi connectivity index (χ3v) is 5.08. The summed E-state index contributed by atoms with van der Waals surface area (Å²) in [4.78, 5) is 12.6. The number of hydrogen-bond acceptors (Lipinski definition) is 5. The van der Waals surface area contributed by atoms with E-state index in [1.165, 1.54) is 0 Å². The average Bonchev–Trinajstić information content (AvgIpc) is 3.25. The van der Waals surface area contributed by atoms with Crippen LogP contribution in [0.1, 0.15) is 35.7 Å². The van der Waals surface area contributed by atoms with Crippen molar-refractivity contribution < 1.29 is 24.9 Å². The molecule has 1 aromatic rings. The predicted molar refractivity (Wildman–Crippen MR) is 93.9 cm³/mol. The fourth-order valence-corrected chi connectivity index (χ4v) is 3.50. The number of benzene rings is 1. The topological polar surface area (TPSA) is 87.0 Å². The normalized spacial score (nSPS) is 30.6. The quantitative estimate of drug-likeness (QED) is 0.614. The number of esters is 1. The Morgan fingerprint density at radius 2 is 1.88 bits per heavy atom. The Hall–Kier alpha value is -1.98. The van der Waals surface area contributed by atoms with Crippen LogP contribution in [0, 0.1) is 11.8 Å². The molecule has 0 bridgehead atoms. The number of aromatic hydroxyl groups is 2. The molecule has 3 N–H and O–H groups in total. The van der Waals surface area contributed by atoms with Crippen molar-refractivity contribution in [3.63, 3.8) is 0 Å². The van der Waals surface area contributed by atoms with Gasteiger partial charge in [-0.15, -0.1) is 0 Å². The minimum absolute atomic E-state index is 0.0317. The van der Waals surface area contributed by atoms with Gasteiger partial charge in [0.1, 0.15) is 17.1 Å². The van der Waals surface area contributed by atoms with Crippen molar-refractivity contribution in [3.05, 3.63) is 46.5 Å². The number of cyclic esters (lactones) is 1. The van der Waals surface area contributed by atoms with Crippen molar-refractivity contribution in [2.45, 2.75) is 38.4 Å². The molecule has 0 unspecified atom stereocenters. The summed E-state index contributed by atoms with van der Waals surface area (Å²) in [5, 5.41) is 30.1. The third kappa shape index (κ3) is 3.99. The van der Waals surface area contributed by atoms with Crippen LogP contribution in [0.3, 0.4) is 0 Å². The zero-order valence-electron chi connectivity index (χ0n) is 13.9. The van der Waals surface area contributed by atoms with Crippen LogP contribution in [-0.2, 0) is 11.2 Å². The Labute approximate surface area is 151 Å². The number of hydrogen-bond donors (Lipinski definition) is 3. The van der Waals surface area contributed by atoms with E-state index in [9.17, 15) is 20.1 Å². The molecule has 6 heteroatoms. The molecule has 1 fully saturated rings. The second kappa shape index (κ2) is 7.10. The van der Waals surface area contributed by atoms with Crippen molar-refractivity contribution in [1.82, 2.24) is 0 Å². The molecule has 4 atom stereocenters. The highest BCUT2D eigenvalue weighted by Gasteiger charge is 2.36. The summed E-state index contributed by atoms with van der Waals surface area (Å²) in [6.07, 6.45) is 7.86. The monoisotopic (exact) mass is 364 g/mol. The van der Waals surface area contributed by atoms with Crippen LogP contribution in [0.4, 0.5) is 0 Å². The van der Waals surface area contributed by atoms with Gasteiger partial charge >= 0.3 is 5.97 Å². The summed E-state index contributed by atoms with van der Waals surface area (Å²) in [6.45, 7) is 1.82. The molecule has 0 saturated heterocycles. The van der Waals surface area contributed by atoms with Gasteiger partial charge in [0.15, 0.2) is 0 Å². The number of ether oxygens (including phenoxy) is 1. The Bertz CT molecular complexity index is 740. The summed E-state index contributed by atoms with van der Waals surface area (Å²) in [5.74, 6) is -0.531. The summed E-state index contributed by atoms with van der Waals surface area (Å²) < 4.78 is 5.47. The molecule has 3 rings (SSSR count). The first kappa shape index (κ1) is 17.8. The van der Waals surface area contributed by atoms with Crippen LogP contribution in [0.5, 0.6) is 11.5 Å². The standard InChI is InChI=1S/C19H21ClO5/c1-10-6-12-7-11(12)4-2-3-5-13(21)8-14-17(19(24)25-10)15(22)9-16(23)18(14)20/h2-5,9-13,21-23H,6-8H2,1H3/b4-2+,5-3?/t10-,11+,12+,13+/m1/s1. The molecule has 1 saturated carbocycles. The first-order chi connectivity index (χ1) is 11.9. The number of rotatable bonds is 0. The number of phenols is 2. The highest BCUT2D eigenvalue weighted by molar-refractivity contribution is 6.33. The number of carbonyl (C=O) groups excluding carboxylic acids is 1. The van der Waals surface area contributed by atoms with E-state index in [0.29, 0.717) is 11.8 Å². The van der Waals surface area contributed by atoms with Crippen molar-refractivity contribution in [1.29, 1.82) is 0 Å². The molecule has 0 spiro atoms. The van der Waals surface area contributed by atoms with E-state index in [-0.39, 0.29) is 34.4 Å². The summed E-state index contributed by atoms with van der Waals surface area (Å²) in [6, 6.07) is 1.01. The van der Waals surface area contributed by atoms with E-state index in [0.717, 1.165) is 18.9 Å². The fraction of sp³-hybridized carbons (Fsp3) is 0.421. The number of carbonyl (C=O) groups is 1. The molecule has 0 aromatic heterocycles. The van der Waals surface area contributed by atoms with Crippen LogP contribution in [0.2, 0.25) is 5.02 Å². The second-order valence-corrected chi connectivity index (χ2v) is 7.11. The summed E-state index contributed by atoms with van der Waals surface area (Å²) in [7, 11) is 0. The third-order valence-electron chi connectivity index (χ3n) is 4.66. The van der Waals surface area contributed by atoms with Crippen LogP contribution in [-0.4, -0.2) is 33.5 Å². The number of halogens is 1. The van der Waals surface area contributed by atoms with Crippen LogP contribution < -0.4 is 0 Å². The molecular weight excluding hydrogens is 344 g/mol. The lowest BCUT2D eigenvalue weighted by Gasteiger charge is -2.18. The minimum atomic E-state index is -0.926. The van der Waals surface area contributed by atoms with Gasteiger partial charge in [-0.1, -0.05) is 35.9 Å². The first-order valence-electron chi connectivity index (χ1n) is 8.34. The lowest BCUT2D eigenvalue weighted by atomic mass is 9.99. The molecule has 1 aliphatic heterocycles. The Balaban J connectivity index is 2.00. The Kier molecular flexibility index (Phi) is 5.06. The van der Waals surface area contributed by atoms with Crippen molar-refractivity contribution in [2.24, 2.45) is 11.8 Å². The van der Waals surface area contributed by atoms with Gasteiger partial charge in [-0.2, -0.15) is 0 Å². The first-order valence-corrected chi connectivity index (χ1v) is 8.72. The number of phenolic OH excluding ortho intramolecular Hbond substituents is 2. The smallest absolute Gasteiger partial charge is 0.342 e. The molecule has 0 radical (unpaired) electrons. The molecule has 25 heavy (non-hydrogen) atoms. The van der Waals surface area contributed by atoms with E-state index in [2.05, 4.69) is 6.08 Å².